The number of carbonyl (C=O) groups excluding carboxylic acids is 4. The van der Waals surface area contributed by atoms with E-state index in [4.69, 9.17) is 10.8 Å². The number of thiophene rings is 1. The number of nitrogens with one attached hydrogen (secondary N) is 2. The van der Waals surface area contributed by atoms with Crippen LogP contribution < -0.4 is 16.4 Å². The van der Waals surface area contributed by atoms with E-state index in [0.717, 1.165) is 9.88 Å². The average Bonchev–Trinajstić information content (AvgIpc) is 3.44. The van der Waals surface area contributed by atoms with Gasteiger partial charge in [-0.2, -0.15) is 0 Å². The Morgan fingerprint density at radius 1 is 1.34 bits per heavy atom. The number of nitrogens with zero attached hydrogens (tertiary/aromatic N) is 2. The SMILES string of the molecule is Cc1nc(C(=O)N2CCC(NC(=O)CO)CC2C(=O)NC(Cc2cccs2)C(N)=O)cs1. The summed E-state index contributed by atoms with van der Waals surface area (Å²) in [6.45, 7) is 1.32. The first-order valence-electron chi connectivity index (χ1n) is 10.0. The molecule has 1 aliphatic rings. The summed E-state index contributed by atoms with van der Waals surface area (Å²) in [7, 11) is 0. The summed E-state index contributed by atoms with van der Waals surface area (Å²) in [5.41, 5.74) is 5.75. The number of primary amides is 1. The maximum absolute atomic E-state index is 13.2. The number of aliphatic hydroxyl groups is 1. The molecule has 0 bridgehead atoms. The van der Waals surface area contributed by atoms with Crippen LogP contribution in [0.1, 0.15) is 33.2 Å². The second kappa shape index (κ2) is 10.7. The minimum atomic E-state index is -0.938. The molecule has 3 atom stereocenters. The molecule has 3 rings (SSSR count). The van der Waals surface area contributed by atoms with E-state index in [-0.39, 0.29) is 25.1 Å². The van der Waals surface area contributed by atoms with Gasteiger partial charge < -0.3 is 26.4 Å². The predicted octanol–water partition coefficient (Wildman–Crippen LogP) is -0.192. The van der Waals surface area contributed by atoms with Gasteiger partial charge in [0.25, 0.3) is 5.91 Å². The highest BCUT2D eigenvalue weighted by molar-refractivity contribution is 7.10. The number of thiazole rings is 1. The van der Waals surface area contributed by atoms with E-state index in [9.17, 15) is 19.2 Å². The molecule has 32 heavy (non-hydrogen) atoms. The van der Waals surface area contributed by atoms with Gasteiger partial charge in [-0.15, -0.1) is 22.7 Å². The molecule has 1 aliphatic heterocycles. The number of hydrogen-bond acceptors (Lipinski definition) is 8. The van der Waals surface area contributed by atoms with Gasteiger partial charge in [0.2, 0.25) is 17.7 Å². The summed E-state index contributed by atoms with van der Waals surface area (Å²) >= 11 is 2.78. The molecule has 3 heterocycles. The van der Waals surface area contributed by atoms with Crippen LogP contribution in [0.25, 0.3) is 0 Å². The van der Waals surface area contributed by atoms with Gasteiger partial charge in [-0.1, -0.05) is 6.07 Å². The summed E-state index contributed by atoms with van der Waals surface area (Å²) in [5.74, 6) is -2.17. The molecular weight excluding hydrogens is 454 g/mol. The highest BCUT2D eigenvalue weighted by Gasteiger charge is 2.38. The Balaban J connectivity index is 1.79. The van der Waals surface area contributed by atoms with Gasteiger partial charge in [0.1, 0.15) is 24.4 Å². The van der Waals surface area contributed by atoms with Crippen molar-refractivity contribution in [3.63, 3.8) is 0 Å². The van der Waals surface area contributed by atoms with Crippen molar-refractivity contribution in [2.45, 2.75) is 44.3 Å². The van der Waals surface area contributed by atoms with Crippen molar-refractivity contribution >= 4 is 46.3 Å². The standard InChI is InChI=1S/C20H25N5O5S2/c1-11-22-15(10-32-11)20(30)25-5-4-12(23-17(27)9-26)7-16(25)19(29)24-14(18(21)28)8-13-3-2-6-31-13/h2-3,6,10,12,14,16,26H,4-5,7-9H2,1H3,(H2,21,28)(H,23,27)(H,24,29). The van der Waals surface area contributed by atoms with Crippen LogP contribution in [0.4, 0.5) is 0 Å². The average molecular weight is 480 g/mol. The molecule has 0 spiro atoms. The van der Waals surface area contributed by atoms with Crippen LogP contribution in [0.15, 0.2) is 22.9 Å². The Labute approximate surface area is 192 Å². The lowest BCUT2D eigenvalue weighted by Gasteiger charge is -2.38. The lowest BCUT2D eigenvalue weighted by Crippen LogP contribution is -2.60. The molecule has 3 unspecified atom stereocenters. The third kappa shape index (κ3) is 5.90. The van der Waals surface area contributed by atoms with E-state index in [1.54, 1.807) is 12.3 Å². The van der Waals surface area contributed by atoms with E-state index in [0.29, 0.717) is 6.42 Å². The van der Waals surface area contributed by atoms with Gasteiger partial charge in [0.15, 0.2) is 0 Å². The van der Waals surface area contributed by atoms with Crippen LogP contribution in [0, 0.1) is 6.92 Å². The summed E-state index contributed by atoms with van der Waals surface area (Å²) in [6, 6.07) is 1.40. The summed E-state index contributed by atoms with van der Waals surface area (Å²) in [4.78, 5) is 56.4. The molecule has 2 aromatic rings. The molecule has 0 aromatic carbocycles. The van der Waals surface area contributed by atoms with Crippen molar-refractivity contribution in [2.24, 2.45) is 5.73 Å². The number of likely N-dealkylation sites (tertiary alicyclic amines) is 1. The van der Waals surface area contributed by atoms with Gasteiger partial charge >= 0.3 is 0 Å². The number of aromatic nitrogens is 1. The molecule has 172 valence electrons. The smallest absolute Gasteiger partial charge is 0.274 e. The molecule has 0 aliphatic carbocycles. The molecule has 10 nitrogen and oxygen atoms in total. The van der Waals surface area contributed by atoms with Crippen LogP contribution in [0.3, 0.4) is 0 Å². The number of hydrogen-bond donors (Lipinski definition) is 4. The van der Waals surface area contributed by atoms with Gasteiger partial charge in [-0.25, -0.2) is 4.98 Å². The Bertz CT molecular complexity index is 977. The fourth-order valence-corrected chi connectivity index (χ4v) is 4.93. The summed E-state index contributed by atoms with van der Waals surface area (Å²) in [5, 5.41) is 18.6. The lowest BCUT2D eigenvalue weighted by atomic mass is 9.95. The number of nitrogens with two attached hydrogens (primary N) is 1. The number of amides is 4. The molecule has 1 saturated heterocycles. The number of aliphatic hydroxyl groups excluding tert-OH is 1. The van der Waals surface area contributed by atoms with Crippen LogP contribution in [-0.4, -0.2) is 69.9 Å². The molecule has 5 N–H and O–H groups in total. The number of rotatable bonds is 8. The molecule has 4 amide bonds. The third-order valence-corrected chi connectivity index (χ3v) is 6.83. The molecule has 0 saturated carbocycles. The van der Waals surface area contributed by atoms with Gasteiger partial charge in [0.05, 0.1) is 5.01 Å². The van der Waals surface area contributed by atoms with E-state index in [2.05, 4.69) is 15.6 Å². The normalized spacial score (nSPS) is 19.2. The van der Waals surface area contributed by atoms with Crippen molar-refractivity contribution in [1.29, 1.82) is 0 Å². The highest BCUT2D eigenvalue weighted by atomic mass is 32.1. The maximum Gasteiger partial charge on any atom is 0.274 e. The van der Waals surface area contributed by atoms with E-state index in [1.165, 1.54) is 27.6 Å². The fraction of sp³-hybridized carbons (Fsp3) is 0.450. The first kappa shape index (κ1) is 23.8. The van der Waals surface area contributed by atoms with Gasteiger partial charge in [0, 0.05) is 29.3 Å². The molecule has 2 aromatic heterocycles. The number of aryl methyl sites for hydroxylation is 1. The van der Waals surface area contributed by atoms with Crippen LogP contribution in [-0.2, 0) is 20.8 Å². The topological polar surface area (TPSA) is 155 Å². The first-order valence-corrected chi connectivity index (χ1v) is 11.8. The Kier molecular flexibility index (Phi) is 7.94. The first-order chi connectivity index (χ1) is 15.3. The van der Waals surface area contributed by atoms with Crippen molar-refractivity contribution in [1.82, 2.24) is 20.5 Å². The number of carbonyl (C=O) groups is 4. The molecular formula is C20H25N5O5S2. The number of piperidine rings is 1. The minimum Gasteiger partial charge on any atom is -0.387 e. The minimum absolute atomic E-state index is 0.136. The van der Waals surface area contributed by atoms with Gasteiger partial charge in [-0.3, -0.25) is 19.2 Å². The zero-order chi connectivity index (χ0) is 23.3. The zero-order valence-electron chi connectivity index (χ0n) is 17.4. The third-order valence-electron chi connectivity index (χ3n) is 5.16. The van der Waals surface area contributed by atoms with Crippen LogP contribution in [0.5, 0.6) is 0 Å². The highest BCUT2D eigenvalue weighted by Crippen LogP contribution is 2.22. The fourth-order valence-electron chi connectivity index (χ4n) is 3.59. The zero-order valence-corrected chi connectivity index (χ0v) is 19.1. The maximum atomic E-state index is 13.2. The van der Waals surface area contributed by atoms with Gasteiger partial charge in [-0.05, 0) is 31.2 Å². The Morgan fingerprint density at radius 3 is 2.72 bits per heavy atom. The lowest BCUT2D eigenvalue weighted by molar-refractivity contribution is -0.132. The van der Waals surface area contributed by atoms with Crippen molar-refractivity contribution in [3.8, 4) is 0 Å². The van der Waals surface area contributed by atoms with Crippen LogP contribution >= 0.6 is 22.7 Å². The summed E-state index contributed by atoms with van der Waals surface area (Å²) < 4.78 is 0. The molecule has 12 heteroatoms. The molecule has 0 radical (unpaired) electrons. The summed E-state index contributed by atoms with van der Waals surface area (Å²) in [6.07, 6.45) is 0.797. The van der Waals surface area contributed by atoms with Crippen molar-refractivity contribution in [2.75, 3.05) is 13.2 Å². The second-order valence-corrected chi connectivity index (χ2v) is 9.55. The van der Waals surface area contributed by atoms with E-state index >= 15 is 0 Å². The predicted molar refractivity (Wildman–Crippen MR) is 119 cm³/mol. The quantitative estimate of drug-likeness (QED) is 0.411. The van der Waals surface area contributed by atoms with Crippen molar-refractivity contribution in [3.05, 3.63) is 38.5 Å². The Hall–Kier alpha value is -2.83. The van der Waals surface area contributed by atoms with E-state index in [1.807, 2.05) is 17.5 Å². The Morgan fingerprint density at radius 2 is 2.12 bits per heavy atom. The van der Waals surface area contributed by atoms with E-state index < -0.39 is 48.4 Å². The van der Waals surface area contributed by atoms with Crippen LogP contribution in [0.2, 0.25) is 0 Å². The van der Waals surface area contributed by atoms with Crippen molar-refractivity contribution < 1.29 is 24.3 Å². The second-order valence-electron chi connectivity index (χ2n) is 7.46. The largest absolute Gasteiger partial charge is 0.387 e. The molecule has 1 fully saturated rings. The monoisotopic (exact) mass is 479 g/mol.